The Morgan fingerprint density at radius 1 is 1.25 bits per heavy atom. The standard InChI is InChI=1S/C21H26FN3O6S/c1-15(19(26)24-21(14-23)7-3-2-4-8-21)31-20(27)16-5-6-17(22)18(13-16)32(28,29)25-9-11-30-12-10-25/h5-6,13,15H,2-4,7-12H2,1H3,(H,24,26)/t15-/m0/s1. The predicted octanol–water partition coefficient (Wildman–Crippen LogP) is 1.73. The number of carbonyl (C=O) groups is 2. The van der Waals surface area contributed by atoms with Crippen LogP contribution in [0, 0.1) is 17.1 Å². The van der Waals surface area contributed by atoms with Gasteiger partial charge in [0, 0.05) is 13.1 Å². The number of esters is 1. The third kappa shape index (κ3) is 5.26. The van der Waals surface area contributed by atoms with Crippen molar-refractivity contribution in [2.24, 2.45) is 0 Å². The van der Waals surface area contributed by atoms with Gasteiger partial charge < -0.3 is 14.8 Å². The van der Waals surface area contributed by atoms with Gasteiger partial charge in [0.1, 0.15) is 16.3 Å². The molecule has 2 fully saturated rings. The van der Waals surface area contributed by atoms with E-state index in [9.17, 15) is 27.7 Å². The highest BCUT2D eigenvalue weighted by molar-refractivity contribution is 7.89. The Hall–Kier alpha value is -2.55. The molecule has 0 bridgehead atoms. The maximum atomic E-state index is 14.3. The zero-order chi connectivity index (χ0) is 23.4. The highest BCUT2D eigenvalue weighted by atomic mass is 32.2. The summed E-state index contributed by atoms with van der Waals surface area (Å²) in [5.74, 6) is -2.59. The number of morpholine rings is 1. The molecule has 2 aliphatic rings. The zero-order valence-electron chi connectivity index (χ0n) is 17.8. The summed E-state index contributed by atoms with van der Waals surface area (Å²) in [6, 6.07) is 5.04. The number of sulfonamides is 1. The SMILES string of the molecule is C[C@H](OC(=O)c1ccc(F)c(S(=O)(=O)N2CCOCC2)c1)C(=O)NC1(C#N)CCCCC1. The molecule has 1 heterocycles. The molecule has 0 unspecified atom stereocenters. The van der Waals surface area contributed by atoms with Gasteiger partial charge in [-0.15, -0.1) is 0 Å². The third-order valence-corrected chi connectivity index (χ3v) is 7.61. The monoisotopic (exact) mass is 467 g/mol. The molecule has 1 N–H and O–H groups in total. The van der Waals surface area contributed by atoms with Crippen molar-refractivity contribution < 1.29 is 31.9 Å². The van der Waals surface area contributed by atoms with Crippen molar-refractivity contribution in [2.45, 2.75) is 55.6 Å². The van der Waals surface area contributed by atoms with E-state index in [0.717, 1.165) is 41.8 Å². The number of nitrogens with one attached hydrogen (secondary N) is 1. The number of hydrogen-bond donors (Lipinski definition) is 1. The number of halogens is 1. The van der Waals surface area contributed by atoms with Crippen molar-refractivity contribution in [1.29, 1.82) is 5.26 Å². The van der Waals surface area contributed by atoms with E-state index in [1.807, 2.05) is 0 Å². The van der Waals surface area contributed by atoms with Crippen LogP contribution in [-0.4, -0.2) is 62.5 Å². The fraction of sp³-hybridized carbons (Fsp3) is 0.571. The maximum Gasteiger partial charge on any atom is 0.338 e. The van der Waals surface area contributed by atoms with E-state index in [2.05, 4.69) is 11.4 Å². The molecule has 1 aliphatic carbocycles. The van der Waals surface area contributed by atoms with Crippen molar-refractivity contribution in [1.82, 2.24) is 9.62 Å². The van der Waals surface area contributed by atoms with Crippen LogP contribution in [0.25, 0.3) is 0 Å². The normalized spacial score (nSPS) is 20.0. The molecule has 11 heteroatoms. The zero-order valence-corrected chi connectivity index (χ0v) is 18.6. The minimum Gasteiger partial charge on any atom is -0.449 e. The molecule has 1 saturated carbocycles. The number of nitrogens with zero attached hydrogens (tertiary/aromatic N) is 2. The average Bonchev–Trinajstić information content (AvgIpc) is 2.80. The van der Waals surface area contributed by atoms with E-state index >= 15 is 0 Å². The molecule has 3 rings (SSSR count). The summed E-state index contributed by atoms with van der Waals surface area (Å²) in [6.07, 6.45) is 2.45. The van der Waals surface area contributed by atoms with Crippen molar-refractivity contribution in [2.75, 3.05) is 26.3 Å². The Bertz CT molecular complexity index is 1010. The molecular weight excluding hydrogens is 441 g/mol. The Morgan fingerprint density at radius 3 is 2.53 bits per heavy atom. The van der Waals surface area contributed by atoms with Gasteiger partial charge in [0.05, 0.1) is 24.8 Å². The van der Waals surface area contributed by atoms with Gasteiger partial charge in [-0.2, -0.15) is 9.57 Å². The predicted molar refractivity (Wildman–Crippen MR) is 110 cm³/mol. The molecule has 1 atom stereocenters. The Morgan fingerprint density at radius 2 is 1.91 bits per heavy atom. The van der Waals surface area contributed by atoms with Crippen LogP contribution in [0.3, 0.4) is 0 Å². The van der Waals surface area contributed by atoms with Crippen molar-refractivity contribution >= 4 is 21.9 Å². The fourth-order valence-corrected chi connectivity index (χ4v) is 5.29. The molecule has 174 valence electrons. The van der Waals surface area contributed by atoms with Crippen molar-refractivity contribution in [3.63, 3.8) is 0 Å². The lowest BCUT2D eigenvalue weighted by atomic mass is 9.83. The Kier molecular flexibility index (Phi) is 7.48. The van der Waals surface area contributed by atoms with E-state index in [4.69, 9.17) is 9.47 Å². The topological polar surface area (TPSA) is 126 Å². The van der Waals surface area contributed by atoms with Gasteiger partial charge in [0.2, 0.25) is 10.0 Å². The van der Waals surface area contributed by atoms with Crippen LogP contribution >= 0.6 is 0 Å². The molecule has 1 aliphatic heterocycles. The van der Waals surface area contributed by atoms with Crippen molar-refractivity contribution in [3.05, 3.63) is 29.6 Å². The highest BCUT2D eigenvalue weighted by Gasteiger charge is 2.36. The van der Waals surface area contributed by atoms with Crippen LogP contribution in [-0.2, 0) is 24.3 Å². The van der Waals surface area contributed by atoms with Crippen molar-refractivity contribution in [3.8, 4) is 6.07 Å². The largest absolute Gasteiger partial charge is 0.449 e. The second-order valence-corrected chi connectivity index (χ2v) is 9.86. The Balaban J connectivity index is 1.71. The third-order valence-electron chi connectivity index (χ3n) is 5.69. The number of carbonyl (C=O) groups excluding carboxylic acids is 2. The first-order valence-electron chi connectivity index (χ1n) is 10.5. The average molecular weight is 468 g/mol. The molecule has 1 saturated heterocycles. The van der Waals surface area contributed by atoms with E-state index in [-0.39, 0.29) is 31.9 Å². The highest BCUT2D eigenvalue weighted by Crippen LogP contribution is 2.28. The van der Waals surface area contributed by atoms with Gasteiger partial charge in [-0.05, 0) is 38.0 Å². The molecule has 0 radical (unpaired) electrons. The van der Waals surface area contributed by atoms with Crippen LogP contribution in [0.4, 0.5) is 4.39 Å². The number of benzene rings is 1. The number of rotatable bonds is 6. The van der Waals surface area contributed by atoms with Gasteiger partial charge >= 0.3 is 5.97 Å². The summed E-state index contributed by atoms with van der Waals surface area (Å²) in [5.41, 5.74) is -1.18. The lowest BCUT2D eigenvalue weighted by Gasteiger charge is -2.32. The van der Waals surface area contributed by atoms with Crippen LogP contribution < -0.4 is 5.32 Å². The summed E-state index contributed by atoms with van der Waals surface area (Å²) in [7, 11) is -4.17. The molecule has 0 aromatic heterocycles. The summed E-state index contributed by atoms with van der Waals surface area (Å²) >= 11 is 0. The number of amides is 1. The molecule has 1 amide bonds. The summed E-state index contributed by atoms with van der Waals surface area (Å²) in [6.45, 7) is 1.90. The first kappa shape index (κ1) is 24.1. The van der Waals surface area contributed by atoms with E-state index in [1.165, 1.54) is 6.92 Å². The molecule has 9 nitrogen and oxygen atoms in total. The summed E-state index contributed by atoms with van der Waals surface area (Å²) < 4.78 is 51.3. The second-order valence-electron chi connectivity index (χ2n) is 7.95. The van der Waals surface area contributed by atoms with Crippen LogP contribution in [0.15, 0.2) is 23.1 Å². The Labute approximate surface area is 186 Å². The lowest BCUT2D eigenvalue weighted by Crippen LogP contribution is -2.52. The van der Waals surface area contributed by atoms with Crippen LogP contribution in [0.5, 0.6) is 0 Å². The van der Waals surface area contributed by atoms with Crippen LogP contribution in [0.1, 0.15) is 49.4 Å². The van der Waals surface area contributed by atoms with E-state index in [1.54, 1.807) is 0 Å². The first-order valence-corrected chi connectivity index (χ1v) is 11.9. The fourth-order valence-electron chi connectivity index (χ4n) is 3.79. The van der Waals surface area contributed by atoms with Gasteiger partial charge in [0.25, 0.3) is 5.91 Å². The smallest absolute Gasteiger partial charge is 0.338 e. The quantitative estimate of drug-likeness (QED) is 0.632. The number of ether oxygens (including phenoxy) is 2. The second kappa shape index (κ2) is 9.94. The van der Waals surface area contributed by atoms with Crippen LogP contribution in [0.2, 0.25) is 0 Å². The van der Waals surface area contributed by atoms with E-state index < -0.39 is 44.3 Å². The minimum absolute atomic E-state index is 0.0777. The molecular formula is C21H26FN3O6S. The van der Waals surface area contributed by atoms with Gasteiger partial charge in [-0.1, -0.05) is 19.3 Å². The molecule has 1 aromatic carbocycles. The molecule has 1 aromatic rings. The lowest BCUT2D eigenvalue weighted by molar-refractivity contribution is -0.130. The number of hydrogen-bond acceptors (Lipinski definition) is 7. The van der Waals surface area contributed by atoms with Gasteiger partial charge in [-0.25, -0.2) is 17.6 Å². The molecule has 0 spiro atoms. The maximum absolute atomic E-state index is 14.3. The first-order chi connectivity index (χ1) is 15.2. The summed E-state index contributed by atoms with van der Waals surface area (Å²) in [5, 5.41) is 12.2. The van der Waals surface area contributed by atoms with Gasteiger partial charge in [0.15, 0.2) is 6.10 Å². The number of nitriles is 1. The molecule has 32 heavy (non-hydrogen) atoms. The minimum atomic E-state index is -4.17. The van der Waals surface area contributed by atoms with Gasteiger partial charge in [-0.3, -0.25) is 4.79 Å². The summed E-state index contributed by atoms with van der Waals surface area (Å²) in [4.78, 5) is 24.4. The van der Waals surface area contributed by atoms with E-state index in [0.29, 0.717) is 12.8 Å².